The zero-order valence-electron chi connectivity index (χ0n) is 18.9. The van der Waals surface area contributed by atoms with Gasteiger partial charge in [0.05, 0.1) is 0 Å². The van der Waals surface area contributed by atoms with E-state index in [9.17, 15) is 0 Å². The Kier molecular flexibility index (Phi) is 12.0. The summed E-state index contributed by atoms with van der Waals surface area (Å²) in [4.78, 5) is 16.7. The minimum absolute atomic E-state index is 0.780. The minimum atomic E-state index is 0.780. The first-order valence-electron chi connectivity index (χ1n) is 10.4. The maximum absolute atomic E-state index is 4.18. The van der Waals surface area contributed by atoms with Crippen molar-refractivity contribution in [1.82, 2.24) is 19.9 Å². The summed E-state index contributed by atoms with van der Waals surface area (Å²) in [6.07, 6.45) is 7.01. The quantitative estimate of drug-likeness (QED) is 0.365. The van der Waals surface area contributed by atoms with Gasteiger partial charge in [-0.3, -0.25) is 0 Å². The molecule has 30 heavy (non-hydrogen) atoms. The molecule has 0 unspecified atom stereocenters. The molecule has 0 aliphatic heterocycles. The highest BCUT2D eigenvalue weighted by atomic mass is 14.9. The van der Waals surface area contributed by atoms with Gasteiger partial charge < -0.3 is 0 Å². The summed E-state index contributed by atoms with van der Waals surface area (Å²) in [6, 6.07) is 20.0. The lowest BCUT2D eigenvalue weighted by Crippen LogP contribution is -1.86. The van der Waals surface area contributed by atoms with Gasteiger partial charge >= 0.3 is 0 Å². The fourth-order valence-corrected chi connectivity index (χ4v) is 2.38. The van der Waals surface area contributed by atoms with Crippen molar-refractivity contribution in [1.29, 1.82) is 0 Å². The molecule has 0 N–H and O–H groups in total. The Labute approximate surface area is 181 Å². The summed E-state index contributed by atoms with van der Waals surface area (Å²) in [7, 11) is 0. The SMILES string of the molecule is CC.CC.Cc1ccc(-c2ncccn2)cc1.Cc1cccc(-c2ncccn2)c1. The molecule has 0 aliphatic rings. The van der Waals surface area contributed by atoms with Gasteiger partial charge in [0.2, 0.25) is 0 Å². The molecule has 0 atom stereocenters. The van der Waals surface area contributed by atoms with E-state index in [0.717, 1.165) is 22.8 Å². The summed E-state index contributed by atoms with van der Waals surface area (Å²) in [5.41, 5.74) is 4.61. The molecule has 4 heteroatoms. The third-order valence-electron chi connectivity index (χ3n) is 3.72. The van der Waals surface area contributed by atoms with E-state index in [1.807, 2.05) is 64.1 Å². The fraction of sp³-hybridized carbons (Fsp3) is 0.231. The molecular formula is C26H32N4. The van der Waals surface area contributed by atoms with Crippen LogP contribution in [0.25, 0.3) is 22.8 Å². The third kappa shape index (κ3) is 8.31. The largest absolute Gasteiger partial charge is 0.237 e. The Balaban J connectivity index is 0.000000258. The number of aryl methyl sites for hydroxylation is 2. The lowest BCUT2D eigenvalue weighted by Gasteiger charge is -1.99. The molecule has 2 heterocycles. The van der Waals surface area contributed by atoms with E-state index in [2.05, 4.69) is 58.0 Å². The first-order valence-corrected chi connectivity index (χ1v) is 10.4. The van der Waals surface area contributed by atoms with E-state index >= 15 is 0 Å². The van der Waals surface area contributed by atoms with Crippen LogP contribution in [-0.2, 0) is 0 Å². The highest BCUT2D eigenvalue weighted by Gasteiger charge is 1.98. The fourth-order valence-electron chi connectivity index (χ4n) is 2.38. The van der Waals surface area contributed by atoms with Crippen molar-refractivity contribution in [3.8, 4) is 22.8 Å². The van der Waals surface area contributed by atoms with Gasteiger partial charge in [0.15, 0.2) is 11.6 Å². The van der Waals surface area contributed by atoms with Crippen molar-refractivity contribution in [2.75, 3.05) is 0 Å². The predicted molar refractivity (Wildman–Crippen MR) is 127 cm³/mol. The van der Waals surface area contributed by atoms with Gasteiger partial charge in [-0.15, -0.1) is 0 Å². The van der Waals surface area contributed by atoms with Gasteiger partial charge in [-0.05, 0) is 32.0 Å². The molecule has 4 rings (SSSR count). The van der Waals surface area contributed by atoms with E-state index in [1.165, 1.54) is 11.1 Å². The molecule has 2 aromatic heterocycles. The highest BCUT2D eigenvalue weighted by molar-refractivity contribution is 5.55. The molecule has 0 radical (unpaired) electrons. The predicted octanol–water partition coefficient (Wildman–Crippen LogP) is 6.96. The Hall–Kier alpha value is -3.40. The zero-order valence-corrected chi connectivity index (χ0v) is 18.9. The van der Waals surface area contributed by atoms with E-state index < -0.39 is 0 Å². The second-order valence-electron chi connectivity index (χ2n) is 5.88. The minimum Gasteiger partial charge on any atom is -0.237 e. The van der Waals surface area contributed by atoms with Crippen LogP contribution in [0.15, 0.2) is 85.5 Å². The summed E-state index contributed by atoms with van der Waals surface area (Å²) in [5, 5.41) is 0. The Bertz CT molecular complexity index is 937. The second-order valence-corrected chi connectivity index (χ2v) is 5.88. The van der Waals surface area contributed by atoms with Gasteiger partial charge in [0.25, 0.3) is 0 Å². The molecule has 0 spiro atoms. The number of hydrogen-bond acceptors (Lipinski definition) is 4. The molecule has 156 valence electrons. The molecule has 0 aliphatic carbocycles. The maximum atomic E-state index is 4.18. The standard InChI is InChI=1S/2C11H10N2.2C2H6/c1-9-3-5-10(6-4-9)11-12-7-2-8-13-11;1-9-4-2-5-10(8-9)11-12-6-3-7-13-11;2*1-2/h2*2-8H,1H3;2*1-2H3. The zero-order chi connectivity index (χ0) is 22.2. The summed E-state index contributed by atoms with van der Waals surface area (Å²) in [6.45, 7) is 12.1. The average molecular weight is 401 g/mol. The van der Waals surface area contributed by atoms with Crippen LogP contribution in [0.3, 0.4) is 0 Å². The van der Waals surface area contributed by atoms with Crippen molar-refractivity contribution in [3.63, 3.8) is 0 Å². The van der Waals surface area contributed by atoms with Crippen molar-refractivity contribution in [2.24, 2.45) is 0 Å². The van der Waals surface area contributed by atoms with Crippen LogP contribution in [-0.4, -0.2) is 19.9 Å². The molecule has 0 fully saturated rings. The Morgan fingerprint density at radius 2 is 0.933 bits per heavy atom. The van der Waals surface area contributed by atoms with Crippen molar-refractivity contribution >= 4 is 0 Å². The molecule has 0 saturated carbocycles. The van der Waals surface area contributed by atoms with Crippen molar-refractivity contribution in [3.05, 3.63) is 96.6 Å². The average Bonchev–Trinajstić information content (AvgIpc) is 2.84. The van der Waals surface area contributed by atoms with Gasteiger partial charge in [0.1, 0.15) is 0 Å². The van der Waals surface area contributed by atoms with E-state index in [0.29, 0.717) is 0 Å². The molecular weight excluding hydrogens is 368 g/mol. The monoisotopic (exact) mass is 400 g/mol. The summed E-state index contributed by atoms with van der Waals surface area (Å²) >= 11 is 0. The first-order chi connectivity index (χ1) is 14.7. The lowest BCUT2D eigenvalue weighted by molar-refractivity contribution is 1.17. The van der Waals surface area contributed by atoms with Crippen LogP contribution in [0.1, 0.15) is 38.8 Å². The van der Waals surface area contributed by atoms with E-state index in [-0.39, 0.29) is 0 Å². The van der Waals surface area contributed by atoms with Crippen molar-refractivity contribution in [2.45, 2.75) is 41.5 Å². The van der Waals surface area contributed by atoms with E-state index in [1.54, 1.807) is 24.8 Å². The highest BCUT2D eigenvalue weighted by Crippen LogP contribution is 2.15. The number of benzene rings is 2. The number of nitrogens with zero attached hydrogens (tertiary/aromatic N) is 4. The van der Waals surface area contributed by atoms with Gasteiger partial charge in [-0.25, -0.2) is 19.9 Å². The molecule has 4 nitrogen and oxygen atoms in total. The maximum Gasteiger partial charge on any atom is 0.159 e. The third-order valence-corrected chi connectivity index (χ3v) is 3.72. The van der Waals surface area contributed by atoms with Crippen LogP contribution in [0, 0.1) is 13.8 Å². The molecule has 0 bridgehead atoms. The van der Waals surface area contributed by atoms with Crippen LogP contribution in [0.4, 0.5) is 0 Å². The topological polar surface area (TPSA) is 51.6 Å². The van der Waals surface area contributed by atoms with Gasteiger partial charge in [-0.2, -0.15) is 0 Å². The lowest BCUT2D eigenvalue weighted by atomic mass is 10.1. The molecule has 0 saturated heterocycles. The summed E-state index contributed by atoms with van der Waals surface area (Å²) < 4.78 is 0. The first kappa shape index (κ1) is 24.6. The number of rotatable bonds is 2. The Morgan fingerprint density at radius 1 is 0.467 bits per heavy atom. The molecule has 4 aromatic rings. The second kappa shape index (κ2) is 14.6. The number of hydrogen-bond donors (Lipinski definition) is 0. The molecule has 0 amide bonds. The normalized spacial score (nSPS) is 9.00. The van der Waals surface area contributed by atoms with Crippen LogP contribution >= 0.6 is 0 Å². The Morgan fingerprint density at radius 3 is 1.40 bits per heavy atom. The van der Waals surface area contributed by atoms with Crippen LogP contribution < -0.4 is 0 Å². The molecule has 2 aromatic carbocycles. The smallest absolute Gasteiger partial charge is 0.159 e. The van der Waals surface area contributed by atoms with E-state index in [4.69, 9.17) is 0 Å². The van der Waals surface area contributed by atoms with Crippen LogP contribution in [0.5, 0.6) is 0 Å². The van der Waals surface area contributed by atoms with Crippen molar-refractivity contribution < 1.29 is 0 Å². The van der Waals surface area contributed by atoms with Gasteiger partial charge in [-0.1, -0.05) is 81.3 Å². The number of aromatic nitrogens is 4. The van der Waals surface area contributed by atoms with Crippen LogP contribution in [0.2, 0.25) is 0 Å². The summed E-state index contributed by atoms with van der Waals surface area (Å²) in [5.74, 6) is 1.56. The van der Waals surface area contributed by atoms with Gasteiger partial charge in [0, 0.05) is 35.9 Å².